The minimum atomic E-state index is -0.711. The fraction of sp³-hybridized carbons (Fsp3) is 0.417. The maximum atomic E-state index is 13.3. The van der Waals surface area contributed by atoms with Gasteiger partial charge < -0.3 is 10.1 Å². The van der Waals surface area contributed by atoms with Gasteiger partial charge in [-0.05, 0) is 12.1 Å². The number of ether oxygens (including phenoxy) is 1. The number of nitrogens with one attached hydrogen (secondary N) is 1. The third-order valence-electron chi connectivity index (χ3n) is 2.27. The molecule has 0 aromatic heterocycles. The summed E-state index contributed by atoms with van der Waals surface area (Å²) in [6.45, 7) is 0.775. The summed E-state index contributed by atoms with van der Waals surface area (Å²) in [6, 6.07) is 3.52. The molecule has 0 heterocycles. The maximum Gasteiger partial charge on any atom is 0.224 e. The molecule has 6 heteroatoms. The van der Waals surface area contributed by atoms with Gasteiger partial charge in [0.15, 0.2) is 0 Å². The minimum absolute atomic E-state index is 0.0306. The van der Waals surface area contributed by atoms with Crippen LogP contribution in [0.25, 0.3) is 0 Å². The van der Waals surface area contributed by atoms with Crippen LogP contribution < -0.4 is 5.32 Å². The third kappa shape index (κ3) is 4.70. The van der Waals surface area contributed by atoms with Gasteiger partial charge in [-0.15, -0.1) is 0 Å². The highest BCUT2D eigenvalue weighted by Crippen LogP contribution is 2.12. The first-order valence-electron chi connectivity index (χ1n) is 5.37. The highest BCUT2D eigenvalue weighted by Gasteiger charge is 2.13. The summed E-state index contributed by atoms with van der Waals surface area (Å²) in [7, 11) is 1.55. The van der Waals surface area contributed by atoms with Crippen LogP contribution in [-0.4, -0.2) is 31.0 Å². The maximum absolute atomic E-state index is 13.3. The number of methoxy groups -OCH3 is 1. The first-order valence-corrected chi connectivity index (χ1v) is 6.28. The van der Waals surface area contributed by atoms with Gasteiger partial charge >= 0.3 is 0 Å². The van der Waals surface area contributed by atoms with Crippen molar-refractivity contribution >= 4 is 21.8 Å². The van der Waals surface area contributed by atoms with E-state index in [2.05, 4.69) is 21.2 Å². The van der Waals surface area contributed by atoms with E-state index >= 15 is 0 Å². The van der Waals surface area contributed by atoms with Crippen molar-refractivity contribution in [3.8, 4) is 0 Å². The van der Waals surface area contributed by atoms with E-state index in [1.54, 1.807) is 7.11 Å². The molecule has 0 fully saturated rings. The van der Waals surface area contributed by atoms with Crippen molar-refractivity contribution in [1.29, 1.82) is 0 Å². The quantitative estimate of drug-likeness (QED) is 0.814. The van der Waals surface area contributed by atoms with E-state index in [0.717, 1.165) is 12.1 Å². The van der Waals surface area contributed by atoms with Crippen molar-refractivity contribution in [2.75, 3.05) is 20.3 Å². The Morgan fingerprint density at radius 2 is 2.06 bits per heavy atom. The smallest absolute Gasteiger partial charge is 0.224 e. The molecular weight excluding hydrogens is 308 g/mol. The minimum Gasteiger partial charge on any atom is -0.383 e. The van der Waals surface area contributed by atoms with Crippen LogP contribution in [0.4, 0.5) is 8.78 Å². The van der Waals surface area contributed by atoms with Crippen molar-refractivity contribution < 1.29 is 18.3 Å². The fourth-order valence-corrected chi connectivity index (χ4v) is 1.81. The Morgan fingerprint density at radius 1 is 1.44 bits per heavy atom. The fourth-order valence-electron chi connectivity index (χ4n) is 1.39. The second kappa shape index (κ2) is 7.43. The molecule has 0 aliphatic heterocycles. The van der Waals surface area contributed by atoms with Crippen LogP contribution in [0.5, 0.6) is 0 Å². The average Bonchev–Trinajstić information content (AvgIpc) is 2.32. The SMILES string of the molecule is COCC(Br)CNC(=O)Cc1c(F)cccc1F. The number of rotatable bonds is 6. The summed E-state index contributed by atoms with van der Waals surface area (Å²) in [5.74, 6) is -1.85. The molecule has 3 nitrogen and oxygen atoms in total. The van der Waals surface area contributed by atoms with Crippen LogP contribution in [-0.2, 0) is 16.0 Å². The highest BCUT2D eigenvalue weighted by molar-refractivity contribution is 9.09. The van der Waals surface area contributed by atoms with Crippen molar-refractivity contribution in [1.82, 2.24) is 5.32 Å². The third-order valence-corrected chi connectivity index (χ3v) is 2.86. The molecule has 0 saturated heterocycles. The predicted molar refractivity (Wildman–Crippen MR) is 67.7 cm³/mol. The van der Waals surface area contributed by atoms with Crippen LogP contribution in [0.3, 0.4) is 0 Å². The topological polar surface area (TPSA) is 38.3 Å². The first-order chi connectivity index (χ1) is 8.54. The van der Waals surface area contributed by atoms with E-state index in [0.29, 0.717) is 13.2 Å². The van der Waals surface area contributed by atoms with E-state index in [1.807, 2.05) is 0 Å². The lowest BCUT2D eigenvalue weighted by molar-refractivity contribution is -0.120. The lowest BCUT2D eigenvalue weighted by Crippen LogP contribution is -2.32. The molecule has 18 heavy (non-hydrogen) atoms. The first kappa shape index (κ1) is 15.0. The number of halogens is 3. The Bertz CT molecular complexity index is 395. The molecule has 0 aliphatic rings. The molecule has 1 aromatic carbocycles. The Morgan fingerprint density at radius 3 is 2.61 bits per heavy atom. The van der Waals surface area contributed by atoms with E-state index < -0.39 is 17.5 Å². The lowest BCUT2D eigenvalue weighted by Gasteiger charge is -2.10. The molecule has 100 valence electrons. The number of hydrogen-bond donors (Lipinski definition) is 1. The van der Waals surface area contributed by atoms with Gasteiger partial charge in [0.25, 0.3) is 0 Å². The molecule has 1 amide bonds. The number of amides is 1. The molecular formula is C12H14BrF2NO2. The standard InChI is InChI=1S/C12H14BrF2NO2/c1-18-7-8(13)6-16-12(17)5-9-10(14)3-2-4-11(9)15/h2-4,8H,5-7H2,1H3,(H,16,17). The Hall–Kier alpha value is -1.01. The van der Waals surface area contributed by atoms with Gasteiger partial charge in [-0.2, -0.15) is 0 Å². The number of benzene rings is 1. The molecule has 0 aliphatic carbocycles. The zero-order valence-corrected chi connectivity index (χ0v) is 11.5. The van der Waals surface area contributed by atoms with E-state index in [9.17, 15) is 13.6 Å². The van der Waals surface area contributed by atoms with Gasteiger partial charge in [0.2, 0.25) is 5.91 Å². The summed E-state index contributed by atoms with van der Waals surface area (Å²) in [4.78, 5) is 11.5. The molecule has 0 spiro atoms. The molecule has 0 bridgehead atoms. The zero-order chi connectivity index (χ0) is 13.5. The van der Waals surface area contributed by atoms with Crippen LogP contribution in [0.15, 0.2) is 18.2 Å². The monoisotopic (exact) mass is 321 g/mol. The predicted octanol–water partition coefficient (Wildman–Crippen LogP) is 2.03. The van der Waals surface area contributed by atoms with Crippen molar-refractivity contribution in [2.24, 2.45) is 0 Å². The van der Waals surface area contributed by atoms with Crippen LogP contribution >= 0.6 is 15.9 Å². The molecule has 1 aromatic rings. The molecule has 0 radical (unpaired) electrons. The molecule has 0 saturated carbocycles. The number of hydrogen-bond acceptors (Lipinski definition) is 2. The Labute approximate surface area is 113 Å². The van der Waals surface area contributed by atoms with Gasteiger partial charge in [-0.25, -0.2) is 8.78 Å². The largest absolute Gasteiger partial charge is 0.383 e. The van der Waals surface area contributed by atoms with Crippen LogP contribution in [0.1, 0.15) is 5.56 Å². The van der Waals surface area contributed by atoms with Gasteiger partial charge in [0.05, 0.1) is 17.9 Å². The summed E-state index contributed by atoms with van der Waals surface area (Å²) >= 11 is 3.29. The van der Waals surface area contributed by atoms with E-state index in [-0.39, 0.29) is 16.8 Å². The number of carbonyl (C=O) groups is 1. The van der Waals surface area contributed by atoms with Gasteiger partial charge in [0.1, 0.15) is 11.6 Å². The summed E-state index contributed by atoms with van der Waals surface area (Å²) < 4.78 is 31.4. The molecule has 1 rings (SSSR count). The summed E-state index contributed by atoms with van der Waals surface area (Å²) in [5, 5.41) is 2.57. The second-order valence-electron chi connectivity index (χ2n) is 3.73. The average molecular weight is 322 g/mol. The van der Waals surface area contributed by atoms with E-state index in [4.69, 9.17) is 4.74 Å². The van der Waals surface area contributed by atoms with E-state index in [1.165, 1.54) is 6.07 Å². The lowest BCUT2D eigenvalue weighted by atomic mass is 10.1. The van der Waals surface area contributed by atoms with Gasteiger partial charge in [-0.1, -0.05) is 22.0 Å². The normalized spacial score (nSPS) is 12.2. The van der Waals surface area contributed by atoms with Crippen molar-refractivity contribution in [2.45, 2.75) is 11.2 Å². The van der Waals surface area contributed by atoms with Gasteiger partial charge in [-0.3, -0.25) is 4.79 Å². The molecule has 1 atom stereocenters. The number of alkyl halides is 1. The summed E-state index contributed by atoms with van der Waals surface area (Å²) in [6.07, 6.45) is -0.314. The molecule has 1 unspecified atom stereocenters. The Kier molecular flexibility index (Phi) is 6.21. The molecule has 1 N–H and O–H groups in total. The summed E-state index contributed by atoms with van der Waals surface area (Å²) in [5.41, 5.74) is -0.215. The second-order valence-corrected chi connectivity index (χ2v) is 5.03. The Balaban J connectivity index is 2.50. The van der Waals surface area contributed by atoms with Crippen LogP contribution in [0.2, 0.25) is 0 Å². The highest BCUT2D eigenvalue weighted by atomic mass is 79.9. The van der Waals surface area contributed by atoms with Crippen LogP contribution in [0, 0.1) is 11.6 Å². The van der Waals surface area contributed by atoms with Crippen molar-refractivity contribution in [3.63, 3.8) is 0 Å². The van der Waals surface area contributed by atoms with Crippen molar-refractivity contribution in [3.05, 3.63) is 35.4 Å². The van der Waals surface area contributed by atoms with Gasteiger partial charge in [0, 0.05) is 19.2 Å². The number of carbonyl (C=O) groups excluding carboxylic acids is 1. The zero-order valence-electron chi connectivity index (χ0n) is 9.88.